The summed E-state index contributed by atoms with van der Waals surface area (Å²) in [6.45, 7) is 7.00. The third kappa shape index (κ3) is 2.00. The van der Waals surface area contributed by atoms with Gasteiger partial charge in [-0.2, -0.15) is 0 Å². The Kier molecular flexibility index (Phi) is 3.59. The Labute approximate surface area is 140 Å². The van der Waals surface area contributed by atoms with E-state index >= 15 is 0 Å². The summed E-state index contributed by atoms with van der Waals surface area (Å²) in [5.74, 6) is 2.09. The van der Waals surface area contributed by atoms with Crippen LogP contribution in [-0.4, -0.2) is 22.4 Å². The molecule has 0 radical (unpaired) electrons. The fourth-order valence-electron chi connectivity index (χ4n) is 7.02. The van der Waals surface area contributed by atoms with E-state index in [0.717, 1.165) is 18.8 Å². The molecular weight excluding hydrogens is 284 g/mol. The Balaban J connectivity index is 1.72. The Morgan fingerprint density at radius 3 is 2.70 bits per heavy atom. The van der Waals surface area contributed by atoms with Crippen LogP contribution < -0.4 is 0 Å². The Morgan fingerprint density at radius 2 is 1.96 bits per heavy atom. The molecule has 3 saturated carbocycles. The average molecular weight is 316 g/mol. The van der Waals surface area contributed by atoms with Crippen molar-refractivity contribution in [2.45, 2.75) is 77.9 Å². The van der Waals surface area contributed by atoms with Crippen LogP contribution in [0.25, 0.3) is 0 Å². The lowest BCUT2D eigenvalue weighted by Crippen LogP contribution is -2.55. The maximum atomic E-state index is 10.9. The maximum Gasteiger partial charge on any atom is 0.0658 e. The SMILES string of the molecule is CC=C1CC[C@H]2[C@@H]3CC=C4C[C@@H](O)C[C@H](O)[C@]4(C)[C@H]3CC[C@]12C. The molecular formula is C21H32O2. The molecule has 2 heteroatoms. The minimum atomic E-state index is -0.378. The third-order valence-corrected chi connectivity index (χ3v) is 8.38. The topological polar surface area (TPSA) is 40.5 Å². The monoisotopic (exact) mass is 316 g/mol. The van der Waals surface area contributed by atoms with Gasteiger partial charge < -0.3 is 10.2 Å². The van der Waals surface area contributed by atoms with Gasteiger partial charge in [0.1, 0.15) is 0 Å². The van der Waals surface area contributed by atoms with E-state index in [1.807, 2.05) is 0 Å². The van der Waals surface area contributed by atoms with Gasteiger partial charge in [-0.25, -0.2) is 0 Å². The van der Waals surface area contributed by atoms with Crippen LogP contribution in [0.4, 0.5) is 0 Å². The Hall–Kier alpha value is -0.600. The van der Waals surface area contributed by atoms with Gasteiger partial charge in [-0.05, 0) is 68.6 Å². The van der Waals surface area contributed by atoms with Gasteiger partial charge in [0, 0.05) is 11.8 Å². The molecule has 0 aromatic carbocycles. The van der Waals surface area contributed by atoms with E-state index in [0.29, 0.717) is 23.7 Å². The molecule has 0 saturated heterocycles. The predicted octanol–water partition coefficient (Wildman–Crippen LogP) is 4.23. The van der Waals surface area contributed by atoms with Crippen molar-refractivity contribution >= 4 is 0 Å². The first-order valence-electron chi connectivity index (χ1n) is 9.62. The second kappa shape index (κ2) is 5.20. The van der Waals surface area contributed by atoms with Crippen LogP contribution >= 0.6 is 0 Å². The molecule has 0 aromatic heterocycles. The smallest absolute Gasteiger partial charge is 0.0658 e. The molecule has 23 heavy (non-hydrogen) atoms. The summed E-state index contributed by atoms with van der Waals surface area (Å²) < 4.78 is 0. The number of hydrogen-bond acceptors (Lipinski definition) is 2. The fraction of sp³-hybridized carbons (Fsp3) is 0.810. The Bertz CT molecular complexity index is 562. The van der Waals surface area contributed by atoms with E-state index in [1.54, 1.807) is 5.57 Å². The van der Waals surface area contributed by atoms with Crippen LogP contribution in [0.3, 0.4) is 0 Å². The van der Waals surface area contributed by atoms with Crippen molar-refractivity contribution in [3.8, 4) is 0 Å². The highest BCUT2D eigenvalue weighted by atomic mass is 16.3. The lowest BCUT2D eigenvalue weighted by molar-refractivity contribution is -0.0954. The third-order valence-electron chi connectivity index (χ3n) is 8.38. The molecule has 0 aromatic rings. The number of aliphatic hydroxyl groups excluding tert-OH is 2. The molecule has 2 N–H and O–H groups in total. The van der Waals surface area contributed by atoms with E-state index in [9.17, 15) is 10.2 Å². The lowest BCUT2D eigenvalue weighted by atomic mass is 9.47. The molecule has 0 spiro atoms. The molecule has 0 aliphatic heterocycles. The molecule has 3 fully saturated rings. The molecule has 7 atom stereocenters. The van der Waals surface area contributed by atoms with Gasteiger partial charge in [-0.1, -0.05) is 37.1 Å². The van der Waals surface area contributed by atoms with Gasteiger partial charge in [0.15, 0.2) is 0 Å². The zero-order valence-corrected chi connectivity index (χ0v) is 14.9. The maximum absolute atomic E-state index is 10.9. The lowest BCUT2D eigenvalue weighted by Gasteiger charge is -2.58. The fourth-order valence-corrected chi connectivity index (χ4v) is 7.02. The number of rotatable bonds is 0. The van der Waals surface area contributed by atoms with Crippen molar-refractivity contribution < 1.29 is 10.2 Å². The predicted molar refractivity (Wildman–Crippen MR) is 92.9 cm³/mol. The highest BCUT2D eigenvalue weighted by Crippen LogP contribution is 2.66. The van der Waals surface area contributed by atoms with Crippen LogP contribution in [0.5, 0.6) is 0 Å². The minimum absolute atomic E-state index is 0.0951. The van der Waals surface area contributed by atoms with Gasteiger partial charge in [0.2, 0.25) is 0 Å². The molecule has 0 bridgehead atoms. The number of aliphatic hydroxyl groups is 2. The summed E-state index contributed by atoms with van der Waals surface area (Å²) >= 11 is 0. The van der Waals surface area contributed by atoms with E-state index in [4.69, 9.17) is 0 Å². The molecule has 0 amide bonds. The number of fused-ring (bicyclic) bond motifs is 5. The van der Waals surface area contributed by atoms with E-state index in [2.05, 4.69) is 32.9 Å². The zero-order valence-electron chi connectivity index (χ0n) is 14.9. The summed E-state index contributed by atoms with van der Waals surface area (Å²) in [5, 5.41) is 20.9. The van der Waals surface area contributed by atoms with Crippen molar-refractivity contribution in [3.05, 3.63) is 23.3 Å². The zero-order chi connectivity index (χ0) is 16.4. The first-order chi connectivity index (χ1) is 10.9. The summed E-state index contributed by atoms with van der Waals surface area (Å²) in [4.78, 5) is 0. The van der Waals surface area contributed by atoms with Gasteiger partial charge in [-0.15, -0.1) is 0 Å². The molecule has 0 unspecified atom stereocenters. The molecule has 4 aliphatic rings. The van der Waals surface area contributed by atoms with Crippen molar-refractivity contribution in [1.29, 1.82) is 0 Å². The van der Waals surface area contributed by atoms with Gasteiger partial charge in [0.05, 0.1) is 12.2 Å². The van der Waals surface area contributed by atoms with E-state index in [1.165, 1.54) is 31.3 Å². The molecule has 0 heterocycles. The van der Waals surface area contributed by atoms with Crippen molar-refractivity contribution in [2.75, 3.05) is 0 Å². The van der Waals surface area contributed by atoms with Crippen LogP contribution in [-0.2, 0) is 0 Å². The second-order valence-corrected chi connectivity index (χ2v) is 9.04. The van der Waals surface area contributed by atoms with Gasteiger partial charge in [0.25, 0.3) is 0 Å². The molecule has 4 rings (SSSR count). The van der Waals surface area contributed by atoms with E-state index in [-0.39, 0.29) is 17.6 Å². The highest BCUT2D eigenvalue weighted by molar-refractivity contribution is 5.30. The summed E-state index contributed by atoms with van der Waals surface area (Å²) in [6.07, 6.45) is 11.6. The van der Waals surface area contributed by atoms with Gasteiger partial charge >= 0.3 is 0 Å². The van der Waals surface area contributed by atoms with Crippen molar-refractivity contribution in [3.63, 3.8) is 0 Å². The first kappa shape index (κ1) is 15.9. The summed E-state index contributed by atoms with van der Waals surface area (Å²) in [5.41, 5.74) is 3.33. The quantitative estimate of drug-likeness (QED) is 0.657. The second-order valence-electron chi connectivity index (χ2n) is 9.04. The summed E-state index contributed by atoms with van der Waals surface area (Å²) in [6, 6.07) is 0. The molecule has 4 aliphatic carbocycles. The largest absolute Gasteiger partial charge is 0.393 e. The first-order valence-corrected chi connectivity index (χ1v) is 9.62. The van der Waals surface area contributed by atoms with Crippen molar-refractivity contribution in [2.24, 2.45) is 28.6 Å². The molecule has 2 nitrogen and oxygen atoms in total. The van der Waals surface area contributed by atoms with Crippen LogP contribution in [0.2, 0.25) is 0 Å². The Morgan fingerprint density at radius 1 is 1.17 bits per heavy atom. The standard InChI is InChI=1S/C21H32O2/c1-4-13-6-8-17-16-7-5-14-11-15(22)12-19(23)21(14,3)18(16)9-10-20(13,17)2/h4-5,15-19,22-23H,6-12H2,1-3H3/t15-,16+,17+,18+,19+,20-,21+/m1/s1. The number of hydrogen-bond donors (Lipinski definition) is 2. The van der Waals surface area contributed by atoms with Crippen LogP contribution in [0.1, 0.15) is 65.7 Å². The van der Waals surface area contributed by atoms with Gasteiger partial charge in [-0.3, -0.25) is 0 Å². The van der Waals surface area contributed by atoms with Crippen LogP contribution in [0, 0.1) is 28.6 Å². The highest BCUT2D eigenvalue weighted by Gasteiger charge is 2.59. The molecule has 128 valence electrons. The number of allylic oxidation sites excluding steroid dienone is 3. The average Bonchev–Trinajstić information content (AvgIpc) is 2.85. The normalized spacial score (nSPS) is 54.2. The van der Waals surface area contributed by atoms with Crippen molar-refractivity contribution in [1.82, 2.24) is 0 Å². The minimum Gasteiger partial charge on any atom is -0.393 e. The summed E-state index contributed by atoms with van der Waals surface area (Å²) in [7, 11) is 0. The van der Waals surface area contributed by atoms with Crippen LogP contribution in [0.15, 0.2) is 23.3 Å². The van der Waals surface area contributed by atoms with E-state index < -0.39 is 0 Å².